The molecule has 0 saturated carbocycles. The van der Waals surface area contributed by atoms with Gasteiger partial charge < -0.3 is 0 Å². The quantitative estimate of drug-likeness (QED) is 0.161. The van der Waals surface area contributed by atoms with Crippen LogP contribution in [0.3, 0.4) is 0 Å². The molecule has 0 spiro atoms. The molecule has 0 radical (unpaired) electrons. The van der Waals surface area contributed by atoms with E-state index in [0.717, 1.165) is 0 Å². The first-order valence-electron chi connectivity index (χ1n) is 19.3. The summed E-state index contributed by atoms with van der Waals surface area (Å²) in [4.78, 5) is 0. The van der Waals surface area contributed by atoms with Crippen LogP contribution in [0.2, 0.25) is 0 Å². The third kappa shape index (κ3) is 4.92. The largest absolute Gasteiger partial charge is 0.0616 e. The van der Waals surface area contributed by atoms with Crippen molar-refractivity contribution >= 4 is 43.1 Å². The Morgan fingerprint density at radius 3 is 1.47 bits per heavy atom. The maximum Gasteiger partial charge on any atom is 0.0159 e. The standard InChI is InChI=1S/C55H38/c1-55(2)50-31-29-37-13-5-6-17-44(37)54(50)49-30-28-42(34-51(49)55)36-22-25-38(26-23-36)52-45-18-7-9-20-47(45)53(48-21-10-8-19-46(48)52)43-16-11-15-40(33-43)41-27-24-35-12-3-4-14-39(35)32-41/h3-34H,1-2H3. The first-order valence-corrected chi connectivity index (χ1v) is 19.3. The van der Waals surface area contributed by atoms with Gasteiger partial charge in [0.25, 0.3) is 0 Å². The van der Waals surface area contributed by atoms with Gasteiger partial charge in [0.1, 0.15) is 0 Å². The van der Waals surface area contributed by atoms with Crippen LogP contribution in [0.5, 0.6) is 0 Å². The molecule has 0 heterocycles. The molecule has 0 bridgehead atoms. The first-order chi connectivity index (χ1) is 27.0. The lowest BCUT2D eigenvalue weighted by Crippen LogP contribution is -2.15. The number of benzene rings is 10. The van der Waals surface area contributed by atoms with Gasteiger partial charge in [-0.15, -0.1) is 0 Å². The lowest BCUT2D eigenvalue weighted by atomic mass is 9.81. The molecular weight excluding hydrogens is 661 g/mol. The highest BCUT2D eigenvalue weighted by Gasteiger charge is 2.36. The van der Waals surface area contributed by atoms with Crippen molar-refractivity contribution in [2.45, 2.75) is 19.3 Å². The highest BCUT2D eigenvalue weighted by atomic mass is 14.4. The van der Waals surface area contributed by atoms with E-state index in [0.29, 0.717) is 0 Å². The second kappa shape index (κ2) is 12.1. The molecule has 258 valence electrons. The average Bonchev–Trinajstić information content (AvgIpc) is 3.48. The summed E-state index contributed by atoms with van der Waals surface area (Å²) in [5.41, 5.74) is 15.5. The minimum atomic E-state index is -0.0702. The fraction of sp³-hybridized carbons (Fsp3) is 0.0545. The SMILES string of the molecule is CC1(C)c2cc(-c3ccc(-c4c5ccccc5c(-c5cccc(-c6ccc7ccccc7c6)c5)c5ccccc45)cc3)ccc2-c2c1ccc1ccccc21. The summed E-state index contributed by atoms with van der Waals surface area (Å²) in [6.45, 7) is 4.75. The zero-order valence-electron chi connectivity index (χ0n) is 31.0. The van der Waals surface area contributed by atoms with E-state index in [-0.39, 0.29) is 5.41 Å². The van der Waals surface area contributed by atoms with Crippen LogP contribution in [0.4, 0.5) is 0 Å². The van der Waals surface area contributed by atoms with Crippen molar-refractivity contribution in [3.8, 4) is 55.6 Å². The highest BCUT2D eigenvalue weighted by Crippen LogP contribution is 2.52. The first kappa shape index (κ1) is 31.7. The molecule has 0 fully saturated rings. The van der Waals surface area contributed by atoms with Crippen LogP contribution in [-0.2, 0) is 5.41 Å². The second-order valence-corrected chi connectivity index (χ2v) is 15.7. The minimum absolute atomic E-state index is 0.0702. The highest BCUT2D eigenvalue weighted by molar-refractivity contribution is 6.21. The van der Waals surface area contributed by atoms with Crippen molar-refractivity contribution in [2.75, 3.05) is 0 Å². The summed E-state index contributed by atoms with van der Waals surface area (Å²) in [6.07, 6.45) is 0. The van der Waals surface area contributed by atoms with Gasteiger partial charge in [0, 0.05) is 5.41 Å². The monoisotopic (exact) mass is 698 g/mol. The topological polar surface area (TPSA) is 0 Å². The summed E-state index contributed by atoms with van der Waals surface area (Å²) in [5.74, 6) is 0. The smallest absolute Gasteiger partial charge is 0.0159 e. The molecule has 0 aliphatic heterocycles. The van der Waals surface area contributed by atoms with Gasteiger partial charge in [-0.3, -0.25) is 0 Å². The van der Waals surface area contributed by atoms with Gasteiger partial charge in [0.2, 0.25) is 0 Å². The lowest BCUT2D eigenvalue weighted by molar-refractivity contribution is 0.661. The summed E-state index contributed by atoms with van der Waals surface area (Å²) in [5, 5.41) is 10.2. The third-order valence-corrected chi connectivity index (χ3v) is 12.2. The molecule has 0 atom stereocenters. The van der Waals surface area contributed by atoms with Crippen molar-refractivity contribution in [1.82, 2.24) is 0 Å². The van der Waals surface area contributed by atoms with E-state index in [4.69, 9.17) is 0 Å². The summed E-state index contributed by atoms with van der Waals surface area (Å²) >= 11 is 0. The Balaban J connectivity index is 1.02. The molecule has 1 aliphatic rings. The lowest BCUT2D eigenvalue weighted by Gasteiger charge is -2.22. The summed E-state index contributed by atoms with van der Waals surface area (Å²) < 4.78 is 0. The number of rotatable bonds is 4. The molecule has 55 heavy (non-hydrogen) atoms. The Labute approximate surface area is 322 Å². The minimum Gasteiger partial charge on any atom is -0.0616 e. The van der Waals surface area contributed by atoms with E-state index in [1.165, 1.54) is 110 Å². The number of hydrogen-bond donors (Lipinski definition) is 0. The van der Waals surface area contributed by atoms with Crippen LogP contribution >= 0.6 is 0 Å². The van der Waals surface area contributed by atoms with E-state index in [9.17, 15) is 0 Å². The summed E-state index contributed by atoms with van der Waals surface area (Å²) in [7, 11) is 0. The van der Waals surface area contributed by atoms with Crippen molar-refractivity contribution in [2.24, 2.45) is 0 Å². The van der Waals surface area contributed by atoms with Gasteiger partial charge in [-0.1, -0.05) is 190 Å². The van der Waals surface area contributed by atoms with Crippen LogP contribution in [-0.4, -0.2) is 0 Å². The maximum absolute atomic E-state index is 2.44. The Bertz CT molecular complexity index is 3100. The molecule has 11 rings (SSSR count). The molecule has 0 unspecified atom stereocenters. The normalized spacial score (nSPS) is 13.1. The molecule has 10 aromatic carbocycles. The van der Waals surface area contributed by atoms with Crippen molar-refractivity contribution in [1.29, 1.82) is 0 Å². The van der Waals surface area contributed by atoms with Crippen molar-refractivity contribution < 1.29 is 0 Å². The Morgan fingerprint density at radius 2 is 0.764 bits per heavy atom. The molecule has 1 aliphatic carbocycles. The van der Waals surface area contributed by atoms with E-state index in [2.05, 4.69) is 208 Å². The predicted molar refractivity (Wildman–Crippen MR) is 236 cm³/mol. The Kier molecular flexibility index (Phi) is 7.00. The van der Waals surface area contributed by atoms with Gasteiger partial charge in [0.05, 0.1) is 0 Å². The fourth-order valence-corrected chi connectivity index (χ4v) is 9.49. The van der Waals surface area contributed by atoms with Gasteiger partial charge in [-0.2, -0.15) is 0 Å². The maximum atomic E-state index is 2.44. The van der Waals surface area contributed by atoms with Crippen LogP contribution in [0, 0.1) is 0 Å². The van der Waals surface area contributed by atoms with E-state index >= 15 is 0 Å². The molecule has 0 nitrogen and oxygen atoms in total. The van der Waals surface area contributed by atoms with E-state index in [1.807, 2.05) is 0 Å². The molecule has 0 saturated heterocycles. The summed E-state index contributed by atoms with van der Waals surface area (Å²) in [6, 6.07) is 72.1. The number of hydrogen-bond acceptors (Lipinski definition) is 0. The van der Waals surface area contributed by atoms with Gasteiger partial charge in [-0.05, 0) is 128 Å². The van der Waals surface area contributed by atoms with Crippen LogP contribution in [0.1, 0.15) is 25.0 Å². The van der Waals surface area contributed by atoms with E-state index < -0.39 is 0 Å². The molecule has 10 aromatic rings. The third-order valence-electron chi connectivity index (χ3n) is 12.2. The molecule has 0 aromatic heterocycles. The fourth-order valence-electron chi connectivity index (χ4n) is 9.49. The Morgan fingerprint density at radius 1 is 0.273 bits per heavy atom. The van der Waals surface area contributed by atoms with E-state index in [1.54, 1.807) is 0 Å². The zero-order chi connectivity index (χ0) is 36.7. The average molecular weight is 699 g/mol. The molecule has 0 N–H and O–H groups in total. The molecule has 0 amide bonds. The van der Waals surface area contributed by atoms with Gasteiger partial charge in [0.15, 0.2) is 0 Å². The van der Waals surface area contributed by atoms with Gasteiger partial charge >= 0.3 is 0 Å². The van der Waals surface area contributed by atoms with Crippen molar-refractivity contribution in [3.63, 3.8) is 0 Å². The second-order valence-electron chi connectivity index (χ2n) is 15.7. The zero-order valence-corrected chi connectivity index (χ0v) is 31.0. The van der Waals surface area contributed by atoms with Crippen LogP contribution < -0.4 is 0 Å². The molecular formula is C55H38. The van der Waals surface area contributed by atoms with Crippen LogP contribution in [0.25, 0.3) is 98.7 Å². The predicted octanol–water partition coefficient (Wildman–Crippen LogP) is 15.3. The molecule has 0 heteroatoms. The van der Waals surface area contributed by atoms with Crippen molar-refractivity contribution in [3.05, 3.63) is 205 Å². The van der Waals surface area contributed by atoms with Crippen LogP contribution in [0.15, 0.2) is 194 Å². The number of fused-ring (bicyclic) bond motifs is 8. The van der Waals surface area contributed by atoms with Gasteiger partial charge in [-0.25, -0.2) is 0 Å². The Hall–Kier alpha value is -6.76.